The van der Waals surface area contributed by atoms with Crippen LogP contribution in [0.25, 0.3) is 11.3 Å². The van der Waals surface area contributed by atoms with Crippen molar-refractivity contribution in [3.05, 3.63) is 41.6 Å². The summed E-state index contributed by atoms with van der Waals surface area (Å²) in [6, 6.07) is 5.28. The van der Waals surface area contributed by atoms with E-state index in [2.05, 4.69) is 10.4 Å². The number of hydrogen-bond donors (Lipinski definition) is 1. The van der Waals surface area contributed by atoms with Crippen molar-refractivity contribution in [1.82, 2.24) is 15.1 Å². The lowest BCUT2D eigenvalue weighted by Gasteiger charge is -2.09. The summed E-state index contributed by atoms with van der Waals surface area (Å²) in [4.78, 5) is 12.1. The van der Waals surface area contributed by atoms with Crippen LogP contribution in [0.1, 0.15) is 37.7 Å². The van der Waals surface area contributed by atoms with Crippen molar-refractivity contribution in [3.8, 4) is 11.3 Å². The molecule has 22 heavy (non-hydrogen) atoms. The summed E-state index contributed by atoms with van der Waals surface area (Å²) in [7, 11) is 0. The number of hydrogen-bond acceptors (Lipinski definition) is 2. The van der Waals surface area contributed by atoms with Crippen LogP contribution in [0, 0.1) is 11.6 Å². The van der Waals surface area contributed by atoms with Gasteiger partial charge in [0.1, 0.15) is 0 Å². The van der Waals surface area contributed by atoms with E-state index in [1.807, 2.05) is 20.8 Å². The van der Waals surface area contributed by atoms with Crippen molar-refractivity contribution in [2.24, 2.45) is 0 Å². The summed E-state index contributed by atoms with van der Waals surface area (Å²) in [6.07, 6.45) is 0.816. The lowest BCUT2D eigenvalue weighted by Crippen LogP contribution is -2.32. The number of aryl methyl sites for hydroxylation is 1. The van der Waals surface area contributed by atoms with Crippen LogP contribution >= 0.6 is 0 Å². The van der Waals surface area contributed by atoms with Crippen LogP contribution in [-0.4, -0.2) is 21.7 Å². The van der Waals surface area contributed by atoms with Gasteiger partial charge in [0.25, 0.3) is 5.91 Å². The Labute approximate surface area is 128 Å². The van der Waals surface area contributed by atoms with Gasteiger partial charge in [0.2, 0.25) is 0 Å². The fourth-order valence-corrected chi connectivity index (χ4v) is 2.06. The Morgan fingerprint density at radius 2 is 2.00 bits per heavy atom. The Morgan fingerprint density at radius 3 is 2.59 bits per heavy atom. The lowest BCUT2D eigenvalue weighted by atomic mass is 10.1. The molecule has 0 aliphatic rings. The molecule has 0 aliphatic heterocycles. The Hall–Kier alpha value is -2.24. The van der Waals surface area contributed by atoms with Crippen molar-refractivity contribution in [3.63, 3.8) is 0 Å². The smallest absolute Gasteiger partial charge is 0.272 e. The molecule has 1 heterocycles. The number of aromatic nitrogens is 2. The van der Waals surface area contributed by atoms with Gasteiger partial charge in [-0.05, 0) is 44.5 Å². The van der Waals surface area contributed by atoms with E-state index in [9.17, 15) is 13.6 Å². The van der Waals surface area contributed by atoms with Gasteiger partial charge < -0.3 is 5.32 Å². The first-order chi connectivity index (χ1) is 10.5. The quantitative estimate of drug-likeness (QED) is 0.920. The summed E-state index contributed by atoms with van der Waals surface area (Å²) in [5.74, 6) is -2.10. The number of benzene rings is 1. The molecule has 0 saturated carbocycles. The third-order valence-corrected chi connectivity index (χ3v) is 3.52. The van der Waals surface area contributed by atoms with E-state index in [-0.39, 0.29) is 17.6 Å². The molecule has 0 bridgehead atoms. The van der Waals surface area contributed by atoms with Gasteiger partial charge in [0.15, 0.2) is 17.3 Å². The molecule has 1 aromatic carbocycles. The average molecular weight is 307 g/mol. The van der Waals surface area contributed by atoms with E-state index in [4.69, 9.17) is 0 Å². The minimum Gasteiger partial charge on any atom is -0.348 e. The monoisotopic (exact) mass is 307 g/mol. The third kappa shape index (κ3) is 3.32. The van der Waals surface area contributed by atoms with Crippen LogP contribution in [0.2, 0.25) is 0 Å². The number of amides is 1. The molecule has 1 unspecified atom stereocenters. The van der Waals surface area contributed by atoms with Crippen LogP contribution in [0.3, 0.4) is 0 Å². The predicted molar refractivity (Wildman–Crippen MR) is 80.5 cm³/mol. The molecule has 2 rings (SSSR count). The minimum absolute atomic E-state index is 0.0472. The zero-order chi connectivity index (χ0) is 16.3. The Kier molecular flexibility index (Phi) is 4.90. The standard InChI is InChI=1S/C16H19F2N3O/c1-4-10(3)19-16(22)14-9-15(21(5-2)20-14)11-6-7-12(17)13(18)8-11/h6-10H,4-5H2,1-3H3,(H,19,22). The van der Waals surface area contributed by atoms with Crippen molar-refractivity contribution < 1.29 is 13.6 Å². The fraction of sp³-hybridized carbons (Fsp3) is 0.375. The Morgan fingerprint density at radius 1 is 1.27 bits per heavy atom. The zero-order valence-electron chi connectivity index (χ0n) is 12.9. The molecule has 118 valence electrons. The number of carbonyl (C=O) groups excluding carboxylic acids is 1. The highest BCUT2D eigenvalue weighted by Gasteiger charge is 2.17. The van der Waals surface area contributed by atoms with Crippen molar-refractivity contribution in [2.75, 3.05) is 0 Å². The normalized spacial score (nSPS) is 12.2. The van der Waals surface area contributed by atoms with Crippen molar-refractivity contribution >= 4 is 5.91 Å². The maximum Gasteiger partial charge on any atom is 0.272 e. The second-order valence-corrected chi connectivity index (χ2v) is 5.14. The van der Waals surface area contributed by atoms with Crippen molar-refractivity contribution in [2.45, 2.75) is 39.8 Å². The van der Waals surface area contributed by atoms with Gasteiger partial charge in [0.05, 0.1) is 5.69 Å². The number of nitrogens with zero attached hydrogens (tertiary/aromatic N) is 2. The van der Waals surface area contributed by atoms with Crippen LogP contribution in [0.15, 0.2) is 24.3 Å². The van der Waals surface area contributed by atoms with Gasteiger partial charge in [0, 0.05) is 18.2 Å². The topological polar surface area (TPSA) is 46.9 Å². The molecule has 0 radical (unpaired) electrons. The molecular weight excluding hydrogens is 288 g/mol. The number of carbonyl (C=O) groups is 1. The molecule has 0 fully saturated rings. The molecule has 0 saturated heterocycles. The molecular formula is C16H19F2N3O. The minimum atomic E-state index is -0.924. The average Bonchev–Trinajstić information content (AvgIpc) is 2.94. The maximum atomic E-state index is 13.4. The molecule has 0 aliphatic carbocycles. The summed E-state index contributed by atoms with van der Waals surface area (Å²) >= 11 is 0. The summed E-state index contributed by atoms with van der Waals surface area (Å²) < 4.78 is 28.0. The highest BCUT2D eigenvalue weighted by Crippen LogP contribution is 2.23. The Balaban J connectivity index is 2.36. The first kappa shape index (κ1) is 16.1. The molecule has 1 atom stereocenters. The number of rotatable bonds is 5. The molecule has 1 amide bonds. The highest BCUT2D eigenvalue weighted by atomic mass is 19.2. The van der Waals surface area contributed by atoms with E-state index in [1.54, 1.807) is 10.7 Å². The third-order valence-electron chi connectivity index (χ3n) is 3.52. The molecule has 0 spiro atoms. The number of halogens is 2. The van der Waals surface area contributed by atoms with Gasteiger partial charge in [-0.15, -0.1) is 0 Å². The SMILES string of the molecule is CCC(C)NC(=O)c1cc(-c2ccc(F)c(F)c2)n(CC)n1. The maximum absolute atomic E-state index is 13.4. The summed E-state index contributed by atoms with van der Waals surface area (Å²) in [6.45, 7) is 6.27. The van der Waals surface area contributed by atoms with E-state index >= 15 is 0 Å². The van der Waals surface area contributed by atoms with Gasteiger partial charge >= 0.3 is 0 Å². The second-order valence-electron chi connectivity index (χ2n) is 5.14. The van der Waals surface area contributed by atoms with Gasteiger partial charge in [-0.25, -0.2) is 8.78 Å². The van der Waals surface area contributed by atoms with Crippen LogP contribution in [0.5, 0.6) is 0 Å². The van der Waals surface area contributed by atoms with Crippen LogP contribution in [-0.2, 0) is 6.54 Å². The Bertz CT molecular complexity index is 682. The van der Waals surface area contributed by atoms with Gasteiger partial charge in [-0.1, -0.05) is 6.92 Å². The lowest BCUT2D eigenvalue weighted by molar-refractivity contribution is 0.0933. The molecule has 1 N–H and O–H groups in total. The number of nitrogens with one attached hydrogen (secondary N) is 1. The fourth-order valence-electron chi connectivity index (χ4n) is 2.06. The van der Waals surface area contributed by atoms with Crippen molar-refractivity contribution in [1.29, 1.82) is 0 Å². The largest absolute Gasteiger partial charge is 0.348 e. The summed E-state index contributed by atoms with van der Waals surface area (Å²) in [5, 5.41) is 7.07. The van der Waals surface area contributed by atoms with E-state index < -0.39 is 11.6 Å². The van der Waals surface area contributed by atoms with Gasteiger partial charge in [-0.3, -0.25) is 9.48 Å². The van der Waals surface area contributed by atoms with Crippen LogP contribution < -0.4 is 5.32 Å². The zero-order valence-corrected chi connectivity index (χ0v) is 12.9. The molecule has 4 nitrogen and oxygen atoms in total. The van der Waals surface area contributed by atoms with E-state index in [0.717, 1.165) is 18.6 Å². The van der Waals surface area contributed by atoms with E-state index in [1.165, 1.54) is 6.07 Å². The molecule has 6 heteroatoms. The first-order valence-electron chi connectivity index (χ1n) is 7.30. The summed E-state index contributed by atoms with van der Waals surface area (Å²) in [5.41, 5.74) is 1.33. The molecule has 2 aromatic rings. The van der Waals surface area contributed by atoms with Crippen LogP contribution in [0.4, 0.5) is 8.78 Å². The highest BCUT2D eigenvalue weighted by molar-refractivity contribution is 5.93. The first-order valence-corrected chi connectivity index (χ1v) is 7.30. The molecule has 1 aromatic heterocycles. The predicted octanol–water partition coefficient (Wildman–Crippen LogP) is 3.38. The second kappa shape index (κ2) is 6.68. The van der Waals surface area contributed by atoms with Gasteiger partial charge in [-0.2, -0.15) is 5.10 Å². The van der Waals surface area contributed by atoms with E-state index in [0.29, 0.717) is 17.8 Å².